The molecule has 0 aliphatic carbocycles. The number of benzene rings is 1. The monoisotopic (exact) mass is 344 g/mol. The highest BCUT2D eigenvalue weighted by atomic mass is 16.6. The highest BCUT2D eigenvalue weighted by Crippen LogP contribution is 2.31. The molecule has 3 rings (SSSR count). The molecule has 1 aromatic carbocycles. The molecule has 2 aliphatic rings. The van der Waals surface area contributed by atoms with E-state index in [2.05, 4.69) is 38.2 Å². The molecule has 0 saturated carbocycles. The van der Waals surface area contributed by atoms with Gasteiger partial charge in [0.1, 0.15) is 12.1 Å². The van der Waals surface area contributed by atoms with Crippen molar-refractivity contribution >= 4 is 17.9 Å². The molecule has 25 heavy (non-hydrogen) atoms. The maximum Gasteiger partial charge on any atom is 0.411 e. The van der Waals surface area contributed by atoms with E-state index in [0.717, 1.165) is 12.0 Å². The maximum atomic E-state index is 12.2. The average molecular weight is 344 g/mol. The number of rotatable bonds is 3. The molecule has 0 spiro atoms. The molecule has 6 nitrogen and oxygen atoms in total. The van der Waals surface area contributed by atoms with Gasteiger partial charge in [0.15, 0.2) is 0 Å². The van der Waals surface area contributed by atoms with Gasteiger partial charge in [-0.1, -0.05) is 45.0 Å². The van der Waals surface area contributed by atoms with E-state index in [9.17, 15) is 14.4 Å². The van der Waals surface area contributed by atoms with E-state index in [1.165, 1.54) is 10.5 Å². The largest absolute Gasteiger partial charge is 0.439 e. The fourth-order valence-electron chi connectivity index (χ4n) is 3.40. The van der Waals surface area contributed by atoms with Crippen molar-refractivity contribution in [2.24, 2.45) is 5.41 Å². The van der Waals surface area contributed by atoms with E-state index in [1.807, 2.05) is 12.1 Å². The Labute approximate surface area is 147 Å². The lowest BCUT2D eigenvalue weighted by Gasteiger charge is -2.27. The van der Waals surface area contributed by atoms with Gasteiger partial charge in [-0.2, -0.15) is 0 Å². The lowest BCUT2D eigenvalue weighted by atomic mass is 9.87. The Balaban J connectivity index is 1.73. The number of cyclic esters (lactones) is 1. The molecule has 0 aromatic heterocycles. The number of ether oxygens (including phenoxy) is 1. The van der Waals surface area contributed by atoms with Crippen LogP contribution in [-0.2, 0) is 20.7 Å². The normalized spacial score (nSPS) is 24.3. The molecule has 2 heterocycles. The van der Waals surface area contributed by atoms with Gasteiger partial charge in [-0.05, 0) is 29.4 Å². The third-order valence-corrected chi connectivity index (χ3v) is 4.48. The molecule has 1 aromatic rings. The third-order valence-electron chi connectivity index (χ3n) is 4.48. The van der Waals surface area contributed by atoms with Gasteiger partial charge in [0.25, 0.3) is 0 Å². The summed E-state index contributed by atoms with van der Waals surface area (Å²) >= 11 is 0. The second-order valence-electron chi connectivity index (χ2n) is 7.97. The maximum absolute atomic E-state index is 12.2. The predicted octanol–water partition coefficient (Wildman–Crippen LogP) is 2.57. The summed E-state index contributed by atoms with van der Waals surface area (Å²) in [6.45, 7) is 6.87. The first-order valence-corrected chi connectivity index (χ1v) is 8.63. The molecule has 0 radical (unpaired) electrons. The summed E-state index contributed by atoms with van der Waals surface area (Å²) in [5, 5.41) is 2.29. The third kappa shape index (κ3) is 4.00. The van der Waals surface area contributed by atoms with Crippen molar-refractivity contribution < 1.29 is 19.1 Å². The second kappa shape index (κ2) is 6.50. The number of hydrogen-bond acceptors (Lipinski definition) is 4. The number of imide groups is 1. The summed E-state index contributed by atoms with van der Waals surface area (Å²) < 4.78 is 5.50. The van der Waals surface area contributed by atoms with Crippen molar-refractivity contribution in [2.45, 2.75) is 52.2 Å². The van der Waals surface area contributed by atoms with Crippen molar-refractivity contribution in [1.29, 1.82) is 0 Å². The summed E-state index contributed by atoms with van der Waals surface area (Å²) in [5.74, 6) is -0.712. The molecule has 134 valence electrons. The average Bonchev–Trinajstić information content (AvgIpc) is 2.88. The van der Waals surface area contributed by atoms with Crippen molar-refractivity contribution in [2.75, 3.05) is 6.54 Å². The molecular formula is C19H24N2O4. The Morgan fingerprint density at radius 1 is 1.24 bits per heavy atom. The van der Waals surface area contributed by atoms with Crippen molar-refractivity contribution in [1.82, 2.24) is 10.2 Å². The second-order valence-corrected chi connectivity index (χ2v) is 7.97. The van der Waals surface area contributed by atoms with Gasteiger partial charge in [0.2, 0.25) is 11.8 Å². The summed E-state index contributed by atoms with van der Waals surface area (Å²) in [4.78, 5) is 37.0. The topological polar surface area (TPSA) is 75.7 Å². The van der Waals surface area contributed by atoms with Gasteiger partial charge in [-0.25, -0.2) is 4.79 Å². The van der Waals surface area contributed by atoms with Crippen LogP contribution in [0.4, 0.5) is 4.79 Å². The molecular weight excluding hydrogens is 320 g/mol. The summed E-state index contributed by atoms with van der Waals surface area (Å²) in [6.07, 6.45) is 0.625. The van der Waals surface area contributed by atoms with Crippen LogP contribution < -0.4 is 5.32 Å². The van der Waals surface area contributed by atoms with Crippen LogP contribution in [0.15, 0.2) is 24.3 Å². The van der Waals surface area contributed by atoms with Gasteiger partial charge >= 0.3 is 6.09 Å². The number of amides is 3. The van der Waals surface area contributed by atoms with E-state index in [0.29, 0.717) is 13.0 Å². The number of hydrogen-bond donors (Lipinski definition) is 1. The van der Waals surface area contributed by atoms with E-state index in [-0.39, 0.29) is 17.7 Å². The molecule has 2 fully saturated rings. The van der Waals surface area contributed by atoms with Gasteiger partial charge in [-0.15, -0.1) is 0 Å². The standard InChI is InChI=1S/C19H24N2O4/c1-19(2,3)10-12-5-4-6-13(9-12)15-11-21(18(24)25-15)14-7-8-16(22)20-17(14)23/h4-6,9,14-15H,7-8,10-11H2,1-3H3,(H,20,22,23)/t14?,15-/m1/s1. The summed E-state index contributed by atoms with van der Waals surface area (Å²) in [5.41, 5.74) is 2.30. The zero-order valence-electron chi connectivity index (χ0n) is 14.9. The van der Waals surface area contributed by atoms with Gasteiger partial charge in [0, 0.05) is 6.42 Å². The van der Waals surface area contributed by atoms with E-state index in [1.54, 1.807) is 0 Å². The van der Waals surface area contributed by atoms with Crippen LogP contribution in [0.5, 0.6) is 0 Å². The molecule has 2 aliphatic heterocycles. The van der Waals surface area contributed by atoms with Crippen LogP contribution in [-0.4, -0.2) is 35.4 Å². The summed E-state index contributed by atoms with van der Waals surface area (Å²) in [7, 11) is 0. The summed E-state index contributed by atoms with van der Waals surface area (Å²) in [6, 6.07) is 7.42. The van der Waals surface area contributed by atoms with Crippen molar-refractivity contribution in [3.63, 3.8) is 0 Å². The van der Waals surface area contributed by atoms with Gasteiger partial charge in [-0.3, -0.25) is 19.8 Å². The zero-order valence-corrected chi connectivity index (χ0v) is 14.9. The first kappa shape index (κ1) is 17.5. The smallest absolute Gasteiger partial charge is 0.411 e. The van der Waals surface area contributed by atoms with E-state index < -0.39 is 24.1 Å². The fourth-order valence-corrected chi connectivity index (χ4v) is 3.40. The molecule has 6 heteroatoms. The number of nitrogens with zero attached hydrogens (tertiary/aromatic N) is 1. The zero-order chi connectivity index (χ0) is 18.2. The minimum atomic E-state index is -0.632. The van der Waals surface area contributed by atoms with Crippen LogP contribution in [0, 0.1) is 5.41 Å². The van der Waals surface area contributed by atoms with Crippen LogP contribution in [0.25, 0.3) is 0 Å². The number of piperidine rings is 1. The van der Waals surface area contributed by atoms with Crippen LogP contribution in [0.3, 0.4) is 0 Å². The molecule has 0 bridgehead atoms. The Bertz CT molecular complexity index is 708. The van der Waals surface area contributed by atoms with E-state index in [4.69, 9.17) is 4.74 Å². The number of nitrogens with one attached hydrogen (secondary N) is 1. The Kier molecular flexibility index (Phi) is 4.54. The molecule has 1 unspecified atom stereocenters. The first-order chi connectivity index (χ1) is 11.7. The lowest BCUT2D eigenvalue weighted by Crippen LogP contribution is -2.52. The van der Waals surface area contributed by atoms with Crippen LogP contribution >= 0.6 is 0 Å². The van der Waals surface area contributed by atoms with Crippen molar-refractivity contribution in [3.05, 3.63) is 35.4 Å². The number of carbonyl (C=O) groups is 3. The van der Waals surface area contributed by atoms with Crippen LogP contribution in [0.2, 0.25) is 0 Å². The quantitative estimate of drug-likeness (QED) is 0.855. The Morgan fingerprint density at radius 2 is 2.00 bits per heavy atom. The SMILES string of the molecule is CC(C)(C)Cc1cccc([C@H]2CN(C3CCC(=O)NC3=O)C(=O)O2)c1. The van der Waals surface area contributed by atoms with Crippen molar-refractivity contribution in [3.8, 4) is 0 Å². The predicted molar refractivity (Wildman–Crippen MR) is 91.7 cm³/mol. The van der Waals surface area contributed by atoms with Gasteiger partial charge < -0.3 is 4.74 Å². The number of carbonyl (C=O) groups excluding carboxylic acids is 3. The minimum absolute atomic E-state index is 0.170. The fraction of sp³-hybridized carbons (Fsp3) is 0.526. The molecule has 3 amide bonds. The highest BCUT2D eigenvalue weighted by molar-refractivity contribution is 6.01. The molecule has 2 atom stereocenters. The Morgan fingerprint density at radius 3 is 2.68 bits per heavy atom. The first-order valence-electron chi connectivity index (χ1n) is 8.63. The van der Waals surface area contributed by atoms with Gasteiger partial charge in [0.05, 0.1) is 6.54 Å². The lowest BCUT2D eigenvalue weighted by molar-refractivity contribution is -0.136. The van der Waals surface area contributed by atoms with Crippen LogP contribution in [0.1, 0.15) is 50.8 Å². The highest BCUT2D eigenvalue weighted by Gasteiger charge is 2.41. The van der Waals surface area contributed by atoms with E-state index >= 15 is 0 Å². The molecule has 1 N–H and O–H groups in total. The minimum Gasteiger partial charge on any atom is -0.439 e. The Hall–Kier alpha value is -2.37. The molecule has 2 saturated heterocycles.